The van der Waals surface area contributed by atoms with Crippen molar-refractivity contribution in [3.63, 3.8) is 0 Å². The maximum absolute atomic E-state index is 11.4. The summed E-state index contributed by atoms with van der Waals surface area (Å²) in [7, 11) is 0. The molecule has 1 fully saturated rings. The van der Waals surface area contributed by atoms with E-state index in [2.05, 4.69) is 10.6 Å². The molecular formula is C14H20N2O2. The first-order valence-corrected chi connectivity index (χ1v) is 6.47. The molecule has 0 aliphatic heterocycles. The number of hydrogen-bond donors (Lipinski definition) is 3. The Hall–Kier alpha value is -1.55. The molecule has 1 atom stereocenters. The maximum Gasteiger partial charge on any atom is 0.223 e. The van der Waals surface area contributed by atoms with Crippen molar-refractivity contribution in [2.24, 2.45) is 5.92 Å². The van der Waals surface area contributed by atoms with Gasteiger partial charge in [-0.05, 0) is 25.8 Å². The molecule has 2 rings (SSSR count). The van der Waals surface area contributed by atoms with Gasteiger partial charge in [0, 0.05) is 30.6 Å². The molecule has 98 valence electrons. The van der Waals surface area contributed by atoms with Crippen LogP contribution in [0.2, 0.25) is 0 Å². The Kier molecular flexibility index (Phi) is 4.20. The highest BCUT2D eigenvalue weighted by atomic mass is 16.3. The van der Waals surface area contributed by atoms with Crippen LogP contribution in [0.4, 0.5) is 0 Å². The number of aromatic hydroxyl groups is 1. The van der Waals surface area contributed by atoms with E-state index >= 15 is 0 Å². The number of nitrogens with one attached hydrogen (secondary N) is 2. The number of para-hydroxylation sites is 1. The minimum Gasteiger partial charge on any atom is -0.508 e. The SMILES string of the molecule is CC(NCCNC(=O)C1CC1)c1ccccc1O. The number of carbonyl (C=O) groups is 1. The van der Waals surface area contributed by atoms with E-state index in [1.54, 1.807) is 12.1 Å². The average molecular weight is 248 g/mol. The second kappa shape index (κ2) is 5.87. The summed E-state index contributed by atoms with van der Waals surface area (Å²) < 4.78 is 0. The Morgan fingerprint density at radius 1 is 1.39 bits per heavy atom. The fraction of sp³-hybridized carbons (Fsp3) is 0.500. The molecule has 4 nitrogen and oxygen atoms in total. The summed E-state index contributed by atoms with van der Waals surface area (Å²) >= 11 is 0. The highest BCUT2D eigenvalue weighted by Gasteiger charge is 2.28. The van der Waals surface area contributed by atoms with Gasteiger partial charge in [-0.15, -0.1) is 0 Å². The number of phenolic OH excluding ortho intramolecular Hbond substituents is 1. The first-order valence-electron chi connectivity index (χ1n) is 6.47. The minimum atomic E-state index is 0.0732. The molecule has 3 N–H and O–H groups in total. The molecule has 1 amide bonds. The Balaban J connectivity index is 1.69. The van der Waals surface area contributed by atoms with Gasteiger partial charge in [-0.2, -0.15) is 0 Å². The third-order valence-electron chi connectivity index (χ3n) is 3.23. The van der Waals surface area contributed by atoms with Crippen molar-refractivity contribution in [2.75, 3.05) is 13.1 Å². The molecule has 1 aromatic rings. The molecule has 0 radical (unpaired) electrons. The van der Waals surface area contributed by atoms with Crippen LogP contribution in [0.1, 0.15) is 31.4 Å². The van der Waals surface area contributed by atoms with Crippen LogP contribution in [0.25, 0.3) is 0 Å². The quantitative estimate of drug-likeness (QED) is 0.670. The monoisotopic (exact) mass is 248 g/mol. The summed E-state index contributed by atoms with van der Waals surface area (Å²) in [5.74, 6) is 0.743. The number of amides is 1. The Bertz CT molecular complexity index is 416. The molecule has 1 unspecified atom stereocenters. The number of rotatable bonds is 6. The molecule has 1 saturated carbocycles. The molecule has 0 bridgehead atoms. The highest BCUT2D eigenvalue weighted by molar-refractivity contribution is 5.80. The van der Waals surface area contributed by atoms with Gasteiger partial charge < -0.3 is 15.7 Å². The Morgan fingerprint density at radius 3 is 2.78 bits per heavy atom. The highest BCUT2D eigenvalue weighted by Crippen LogP contribution is 2.28. The summed E-state index contributed by atoms with van der Waals surface area (Å²) in [6.45, 7) is 3.33. The molecule has 1 aliphatic carbocycles. The zero-order valence-corrected chi connectivity index (χ0v) is 10.6. The number of benzene rings is 1. The molecule has 1 aromatic carbocycles. The van der Waals surface area contributed by atoms with Crippen molar-refractivity contribution in [1.82, 2.24) is 10.6 Å². The van der Waals surface area contributed by atoms with Gasteiger partial charge in [0.1, 0.15) is 5.75 Å². The van der Waals surface area contributed by atoms with E-state index in [-0.39, 0.29) is 17.9 Å². The second-order valence-electron chi connectivity index (χ2n) is 4.80. The van der Waals surface area contributed by atoms with Gasteiger partial charge in [-0.1, -0.05) is 18.2 Å². The van der Waals surface area contributed by atoms with E-state index in [0.29, 0.717) is 18.8 Å². The molecule has 0 spiro atoms. The standard InChI is InChI=1S/C14H20N2O2/c1-10(12-4-2-3-5-13(12)17)15-8-9-16-14(18)11-6-7-11/h2-5,10-11,15,17H,6-9H2,1H3,(H,16,18). The number of phenols is 1. The van der Waals surface area contributed by atoms with Crippen molar-refractivity contribution in [3.8, 4) is 5.75 Å². The summed E-state index contributed by atoms with van der Waals surface area (Å²) in [4.78, 5) is 11.4. The van der Waals surface area contributed by atoms with E-state index in [0.717, 1.165) is 18.4 Å². The van der Waals surface area contributed by atoms with Gasteiger partial charge in [0.15, 0.2) is 0 Å². The van der Waals surface area contributed by atoms with E-state index in [4.69, 9.17) is 0 Å². The van der Waals surface area contributed by atoms with E-state index in [1.165, 1.54) is 0 Å². The second-order valence-corrected chi connectivity index (χ2v) is 4.80. The van der Waals surface area contributed by atoms with Crippen LogP contribution in [-0.2, 0) is 4.79 Å². The fourth-order valence-corrected chi connectivity index (χ4v) is 1.93. The average Bonchev–Trinajstić information content (AvgIpc) is 3.19. The van der Waals surface area contributed by atoms with E-state index < -0.39 is 0 Å². The summed E-state index contributed by atoms with van der Waals surface area (Å²) in [5.41, 5.74) is 0.881. The van der Waals surface area contributed by atoms with Gasteiger partial charge in [-0.25, -0.2) is 0 Å². The van der Waals surface area contributed by atoms with Crippen molar-refractivity contribution >= 4 is 5.91 Å². The normalized spacial score (nSPS) is 16.3. The van der Waals surface area contributed by atoms with Crippen LogP contribution in [0.5, 0.6) is 5.75 Å². The lowest BCUT2D eigenvalue weighted by Crippen LogP contribution is -2.33. The Labute approximate surface area is 107 Å². The predicted molar refractivity (Wildman–Crippen MR) is 70.3 cm³/mol. The maximum atomic E-state index is 11.4. The molecule has 0 aromatic heterocycles. The third-order valence-corrected chi connectivity index (χ3v) is 3.23. The summed E-state index contributed by atoms with van der Waals surface area (Å²) in [6, 6.07) is 7.37. The van der Waals surface area contributed by atoms with Crippen molar-refractivity contribution < 1.29 is 9.90 Å². The van der Waals surface area contributed by atoms with Crippen LogP contribution >= 0.6 is 0 Å². The lowest BCUT2D eigenvalue weighted by atomic mass is 10.1. The van der Waals surface area contributed by atoms with Gasteiger partial charge >= 0.3 is 0 Å². The van der Waals surface area contributed by atoms with Crippen LogP contribution in [-0.4, -0.2) is 24.1 Å². The minimum absolute atomic E-state index is 0.0732. The predicted octanol–water partition coefficient (Wildman–Crippen LogP) is 1.57. The van der Waals surface area contributed by atoms with E-state index in [1.807, 2.05) is 19.1 Å². The Morgan fingerprint density at radius 2 is 2.11 bits per heavy atom. The van der Waals surface area contributed by atoms with Crippen LogP contribution < -0.4 is 10.6 Å². The number of hydrogen-bond acceptors (Lipinski definition) is 3. The van der Waals surface area contributed by atoms with Crippen molar-refractivity contribution in [1.29, 1.82) is 0 Å². The largest absolute Gasteiger partial charge is 0.508 e. The molecule has 0 heterocycles. The zero-order chi connectivity index (χ0) is 13.0. The first kappa shape index (κ1) is 12.9. The molecule has 0 saturated heterocycles. The summed E-state index contributed by atoms with van der Waals surface area (Å²) in [5, 5.41) is 15.9. The summed E-state index contributed by atoms with van der Waals surface area (Å²) in [6.07, 6.45) is 2.07. The lowest BCUT2D eigenvalue weighted by molar-refractivity contribution is -0.122. The molecule has 18 heavy (non-hydrogen) atoms. The lowest BCUT2D eigenvalue weighted by Gasteiger charge is -2.15. The van der Waals surface area contributed by atoms with Gasteiger partial charge in [0.2, 0.25) is 5.91 Å². The third kappa shape index (κ3) is 3.47. The van der Waals surface area contributed by atoms with Crippen LogP contribution in [0.3, 0.4) is 0 Å². The van der Waals surface area contributed by atoms with Crippen LogP contribution in [0.15, 0.2) is 24.3 Å². The number of carbonyl (C=O) groups excluding carboxylic acids is 1. The van der Waals surface area contributed by atoms with Crippen molar-refractivity contribution in [2.45, 2.75) is 25.8 Å². The molecule has 1 aliphatic rings. The fourth-order valence-electron chi connectivity index (χ4n) is 1.93. The van der Waals surface area contributed by atoms with Gasteiger partial charge in [0.05, 0.1) is 0 Å². The van der Waals surface area contributed by atoms with Crippen molar-refractivity contribution in [3.05, 3.63) is 29.8 Å². The van der Waals surface area contributed by atoms with Crippen LogP contribution in [0, 0.1) is 5.92 Å². The smallest absolute Gasteiger partial charge is 0.223 e. The topological polar surface area (TPSA) is 61.4 Å². The van der Waals surface area contributed by atoms with Gasteiger partial charge in [0.25, 0.3) is 0 Å². The molecular weight excluding hydrogens is 228 g/mol. The van der Waals surface area contributed by atoms with E-state index in [9.17, 15) is 9.90 Å². The first-order chi connectivity index (χ1) is 8.68. The van der Waals surface area contributed by atoms with Gasteiger partial charge in [-0.3, -0.25) is 4.79 Å². The zero-order valence-electron chi connectivity index (χ0n) is 10.6. The molecule has 4 heteroatoms.